The molecular formula is C20H25F3N2O3. The molecule has 1 aliphatic heterocycles. The highest BCUT2D eigenvalue weighted by Gasteiger charge is 2.41. The van der Waals surface area contributed by atoms with Crippen LogP contribution in [0.15, 0.2) is 46.7 Å². The molecule has 0 saturated heterocycles. The summed E-state index contributed by atoms with van der Waals surface area (Å²) in [5.74, 6) is -2.41. The number of imide groups is 1. The van der Waals surface area contributed by atoms with Gasteiger partial charge in [-0.2, -0.15) is 18.2 Å². The van der Waals surface area contributed by atoms with E-state index in [0.717, 1.165) is 24.1 Å². The van der Waals surface area contributed by atoms with Crippen LogP contribution < -0.4 is 0 Å². The Morgan fingerprint density at radius 2 is 1.61 bits per heavy atom. The molecule has 3 amide bonds. The summed E-state index contributed by atoms with van der Waals surface area (Å²) in [5, 5.41) is 1.55. The van der Waals surface area contributed by atoms with Crippen LogP contribution in [-0.4, -0.2) is 33.9 Å². The van der Waals surface area contributed by atoms with Crippen LogP contribution in [0, 0.1) is 5.92 Å². The number of hydrogen-bond donors (Lipinski definition) is 0. The summed E-state index contributed by atoms with van der Waals surface area (Å²) in [6.07, 6.45) is -2.22. The lowest BCUT2D eigenvalue weighted by molar-refractivity contribution is -0.163. The molecule has 0 radical (unpaired) electrons. The van der Waals surface area contributed by atoms with Gasteiger partial charge in [-0.25, -0.2) is 5.01 Å². The predicted octanol–water partition coefficient (Wildman–Crippen LogP) is 4.45. The molecule has 154 valence electrons. The zero-order valence-corrected chi connectivity index (χ0v) is 16.9. The Morgan fingerprint density at radius 1 is 1.14 bits per heavy atom. The molecule has 28 heavy (non-hydrogen) atoms. The summed E-state index contributed by atoms with van der Waals surface area (Å²) in [6.45, 7) is 12.1. The fourth-order valence-corrected chi connectivity index (χ4v) is 2.65. The van der Waals surface area contributed by atoms with E-state index in [2.05, 4.69) is 6.58 Å². The number of alkyl halides is 3. The molecule has 0 spiro atoms. The summed E-state index contributed by atoms with van der Waals surface area (Å²) in [4.78, 5) is 37.4. The summed E-state index contributed by atoms with van der Waals surface area (Å²) in [6, 6.07) is 0. The van der Waals surface area contributed by atoms with Gasteiger partial charge in [-0.05, 0) is 50.8 Å². The van der Waals surface area contributed by atoms with Gasteiger partial charge in [-0.1, -0.05) is 20.4 Å². The van der Waals surface area contributed by atoms with Crippen LogP contribution in [0.25, 0.3) is 0 Å². The van der Waals surface area contributed by atoms with E-state index in [4.69, 9.17) is 0 Å². The maximum Gasteiger partial charge on any atom is 0.416 e. The van der Waals surface area contributed by atoms with Crippen LogP contribution in [0.1, 0.15) is 48.0 Å². The second-order valence-electron chi connectivity index (χ2n) is 6.76. The van der Waals surface area contributed by atoms with Gasteiger partial charge in [-0.15, -0.1) is 0 Å². The fourth-order valence-electron chi connectivity index (χ4n) is 2.65. The standard InChI is InChI=1S/C20H25F3N2O3/c1-8-12(4)17(10-9-16(11(2)3)20(21,22)23)24(15(7)26)25-18(27)13(5)14(6)19(25)28/h9-10,12H,2,8H2,1,3-7H3/b16-9+,17-10+. The van der Waals surface area contributed by atoms with E-state index < -0.39 is 35.4 Å². The molecule has 0 N–H and O–H groups in total. The largest absolute Gasteiger partial charge is 0.416 e. The minimum atomic E-state index is -4.63. The van der Waals surface area contributed by atoms with Crippen molar-refractivity contribution in [3.05, 3.63) is 46.7 Å². The van der Waals surface area contributed by atoms with E-state index in [0.29, 0.717) is 11.4 Å². The van der Waals surface area contributed by atoms with Crippen molar-refractivity contribution < 1.29 is 27.6 Å². The normalized spacial score (nSPS) is 17.4. The van der Waals surface area contributed by atoms with E-state index in [1.165, 1.54) is 20.8 Å². The quantitative estimate of drug-likeness (QED) is 0.491. The molecular weight excluding hydrogens is 373 g/mol. The molecule has 1 aliphatic rings. The first-order valence-electron chi connectivity index (χ1n) is 8.77. The lowest BCUT2D eigenvalue weighted by Crippen LogP contribution is -2.50. The number of hydrogen-bond acceptors (Lipinski definition) is 3. The van der Waals surface area contributed by atoms with Gasteiger partial charge in [0.05, 0.1) is 5.57 Å². The van der Waals surface area contributed by atoms with Crippen molar-refractivity contribution in [3.8, 4) is 0 Å². The van der Waals surface area contributed by atoms with Gasteiger partial charge in [0, 0.05) is 23.8 Å². The van der Waals surface area contributed by atoms with Gasteiger partial charge in [0.25, 0.3) is 11.8 Å². The van der Waals surface area contributed by atoms with Crippen LogP contribution in [0.2, 0.25) is 0 Å². The van der Waals surface area contributed by atoms with Crippen LogP contribution in [0.4, 0.5) is 13.2 Å². The summed E-state index contributed by atoms with van der Waals surface area (Å²) in [7, 11) is 0. The van der Waals surface area contributed by atoms with Crippen LogP contribution in [0.3, 0.4) is 0 Å². The molecule has 0 aromatic carbocycles. The monoisotopic (exact) mass is 398 g/mol. The Labute approximate surface area is 162 Å². The second kappa shape index (κ2) is 8.58. The first-order chi connectivity index (χ1) is 12.8. The molecule has 5 nitrogen and oxygen atoms in total. The Hall–Kier alpha value is -2.64. The molecule has 0 saturated carbocycles. The third-order valence-corrected chi connectivity index (χ3v) is 4.63. The Balaban J connectivity index is 3.61. The first kappa shape index (κ1) is 23.4. The van der Waals surface area contributed by atoms with E-state index >= 15 is 0 Å². The summed E-state index contributed by atoms with van der Waals surface area (Å²) < 4.78 is 39.7. The number of allylic oxidation sites excluding steroid dienone is 5. The number of rotatable bonds is 6. The maximum absolute atomic E-state index is 13.2. The lowest BCUT2D eigenvalue weighted by Gasteiger charge is -2.34. The van der Waals surface area contributed by atoms with Crippen LogP contribution >= 0.6 is 0 Å². The molecule has 8 heteroatoms. The predicted molar refractivity (Wildman–Crippen MR) is 99.2 cm³/mol. The van der Waals surface area contributed by atoms with Crippen LogP contribution in [0.5, 0.6) is 0 Å². The van der Waals surface area contributed by atoms with Crippen molar-refractivity contribution in [1.82, 2.24) is 10.0 Å². The zero-order chi connectivity index (χ0) is 22.0. The second-order valence-corrected chi connectivity index (χ2v) is 6.76. The number of nitrogens with zero attached hydrogens (tertiary/aromatic N) is 2. The Bertz CT molecular complexity index is 780. The highest BCUT2D eigenvalue weighted by atomic mass is 19.4. The molecule has 0 aromatic rings. The van der Waals surface area contributed by atoms with Crippen molar-refractivity contribution in [1.29, 1.82) is 0 Å². The Morgan fingerprint density at radius 3 is 1.93 bits per heavy atom. The average Bonchev–Trinajstić information content (AvgIpc) is 2.76. The molecule has 1 rings (SSSR count). The summed E-state index contributed by atoms with van der Waals surface area (Å²) >= 11 is 0. The van der Waals surface area contributed by atoms with Crippen molar-refractivity contribution in [2.24, 2.45) is 5.92 Å². The number of halogens is 3. The number of carbonyl (C=O) groups excluding carboxylic acids is 3. The van der Waals surface area contributed by atoms with Crippen LogP contribution in [-0.2, 0) is 14.4 Å². The van der Waals surface area contributed by atoms with E-state index in [-0.39, 0.29) is 22.4 Å². The lowest BCUT2D eigenvalue weighted by atomic mass is 10.0. The molecule has 0 bridgehead atoms. The van der Waals surface area contributed by atoms with Gasteiger partial charge in [0.1, 0.15) is 0 Å². The fraction of sp³-hybridized carbons (Fsp3) is 0.450. The minimum absolute atomic E-state index is 0.113. The highest BCUT2D eigenvalue weighted by Crippen LogP contribution is 2.32. The van der Waals surface area contributed by atoms with Gasteiger partial charge < -0.3 is 0 Å². The third kappa shape index (κ3) is 4.61. The smallest absolute Gasteiger partial charge is 0.273 e. The van der Waals surface area contributed by atoms with E-state index in [1.807, 2.05) is 0 Å². The zero-order valence-electron chi connectivity index (χ0n) is 16.9. The molecule has 0 aromatic heterocycles. The maximum atomic E-state index is 13.2. The SMILES string of the molecule is C=C(C)/C(=C\C=C(/C(C)CC)N(C(C)=O)N1C(=O)C(C)=C(C)C1=O)C(F)(F)F. The van der Waals surface area contributed by atoms with Crippen molar-refractivity contribution in [3.63, 3.8) is 0 Å². The van der Waals surface area contributed by atoms with Gasteiger partial charge >= 0.3 is 6.18 Å². The molecule has 1 unspecified atom stereocenters. The van der Waals surface area contributed by atoms with Crippen molar-refractivity contribution in [2.45, 2.75) is 54.1 Å². The van der Waals surface area contributed by atoms with E-state index in [9.17, 15) is 27.6 Å². The Kier molecular flexibility index (Phi) is 7.17. The van der Waals surface area contributed by atoms with E-state index in [1.54, 1.807) is 13.8 Å². The minimum Gasteiger partial charge on any atom is -0.273 e. The van der Waals surface area contributed by atoms with Crippen molar-refractivity contribution >= 4 is 17.7 Å². The highest BCUT2D eigenvalue weighted by molar-refractivity contribution is 6.19. The van der Waals surface area contributed by atoms with Gasteiger partial charge in [0.15, 0.2) is 0 Å². The topological polar surface area (TPSA) is 57.7 Å². The number of amides is 3. The van der Waals surface area contributed by atoms with Gasteiger partial charge in [0.2, 0.25) is 5.91 Å². The van der Waals surface area contributed by atoms with Gasteiger partial charge in [-0.3, -0.25) is 14.4 Å². The first-order valence-corrected chi connectivity index (χ1v) is 8.77. The molecule has 0 aliphatic carbocycles. The third-order valence-electron chi connectivity index (χ3n) is 4.63. The van der Waals surface area contributed by atoms with Crippen molar-refractivity contribution in [2.75, 3.05) is 0 Å². The molecule has 0 fully saturated rings. The summed E-state index contributed by atoms with van der Waals surface area (Å²) in [5.41, 5.74) is -0.659. The molecule has 1 atom stereocenters. The number of hydrazine groups is 1. The average molecular weight is 398 g/mol. The number of carbonyl (C=O) groups is 3. The molecule has 1 heterocycles.